The topological polar surface area (TPSA) is 46.9 Å². The maximum atomic E-state index is 11.9. The molecule has 0 radical (unpaired) electrons. The van der Waals surface area contributed by atoms with E-state index in [1.54, 1.807) is 0 Å². The zero-order chi connectivity index (χ0) is 13.3. The number of hydrogen-bond acceptors (Lipinski definition) is 2. The molecule has 0 bridgehead atoms. The Hall–Kier alpha value is -1.32. The van der Waals surface area contributed by atoms with Crippen LogP contribution in [0.3, 0.4) is 0 Å². The van der Waals surface area contributed by atoms with Gasteiger partial charge in [0.15, 0.2) is 0 Å². The summed E-state index contributed by atoms with van der Waals surface area (Å²) in [6.07, 6.45) is 15.0. The van der Waals surface area contributed by atoms with E-state index in [2.05, 4.69) is 14.9 Å². The van der Waals surface area contributed by atoms with Gasteiger partial charge in [0.05, 0.1) is 6.33 Å². The van der Waals surface area contributed by atoms with Gasteiger partial charge in [-0.25, -0.2) is 4.98 Å². The normalized spacial score (nSPS) is 16.4. The summed E-state index contributed by atoms with van der Waals surface area (Å²) in [6.45, 7) is 1.86. The van der Waals surface area contributed by atoms with Crippen LogP contribution in [0.5, 0.6) is 0 Å². The molecule has 1 aliphatic carbocycles. The summed E-state index contributed by atoms with van der Waals surface area (Å²) in [7, 11) is 0. The minimum Gasteiger partial charge on any atom is -0.356 e. The van der Waals surface area contributed by atoms with E-state index in [1.807, 2.05) is 18.7 Å². The first-order valence-electron chi connectivity index (χ1n) is 7.60. The van der Waals surface area contributed by atoms with Crippen molar-refractivity contribution in [3.05, 3.63) is 18.7 Å². The third kappa shape index (κ3) is 5.05. The van der Waals surface area contributed by atoms with Crippen LogP contribution in [0.25, 0.3) is 0 Å². The number of carbonyl (C=O) groups is 1. The smallest absolute Gasteiger partial charge is 0.223 e. The van der Waals surface area contributed by atoms with E-state index in [0.717, 1.165) is 45.2 Å². The number of imidazole rings is 1. The minimum atomic E-state index is 0.286. The van der Waals surface area contributed by atoms with Gasteiger partial charge in [0, 0.05) is 31.4 Å². The lowest BCUT2D eigenvalue weighted by Crippen LogP contribution is -2.32. The molecule has 1 aliphatic rings. The molecule has 0 atom stereocenters. The number of aromatic nitrogens is 2. The quantitative estimate of drug-likeness (QED) is 0.769. The zero-order valence-corrected chi connectivity index (χ0v) is 11.7. The second kappa shape index (κ2) is 7.97. The monoisotopic (exact) mass is 263 g/mol. The van der Waals surface area contributed by atoms with Crippen molar-refractivity contribution in [2.75, 3.05) is 6.54 Å². The standard InChI is InChI=1S/C15H25N3O/c19-15(14-7-3-1-4-8-14)17-9-5-2-6-11-18-12-10-16-13-18/h10,12-14H,1-9,11H2,(H,17,19). The van der Waals surface area contributed by atoms with Gasteiger partial charge in [0.1, 0.15) is 0 Å². The molecule has 1 fully saturated rings. The predicted octanol–water partition coefficient (Wildman–Crippen LogP) is 2.75. The highest BCUT2D eigenvalue weighted by Gasteiger charge is 2.20. The first-order chi connectivity index (χ1) is 9.36. The molecule has 1 saturated carbocycles. The maximum absolute atomic E-state index is 11.9. The third-order valence-corrected chi connectivity index (χ3v) is 3.93. The summed E-state index contributed by atoms with van der Waals surface area (Å²) in [4.78, 5) is 15.9. The van der Waals surface area contributed by atoms with Crippen LogP contribution in [0.2, 0.25) is 0 Å². The summed E-state index contributed by atoms with van der Waals surface area (Å²) in [5, 5.41) is 3.09. The molecule has 1 amide bonds. The number of nitrogens with zero attached hydrogens (tertiary/aromatic N) is 2. The molecule has 1 heterocycles. The second-order valence-corrected chi connectivity index (χ2v) is 5.49. The molecular formula is C15H25N3O. The highest BCUT2D eigenvalue weighted by molar-refractivity contribution is 5.78. The SMILES string of the molecule is O=C(NCCCCCn1ccnc1)C1CCCCC1. The Morgan fingerprint density at radius 2 is 2.05 bits per heavy atom. The molecule has 19 heavy (non-hydrogen) atoms. The second-order valence-electron chi connectivity index (χ2n) is 5.49. The molecule has 1 aromatic rings. The summed E-state index contributed by atoms with van der Waals surface area (Å²) in [5.41, 5.74) is 0. The molecule has 0 saturated heterocycles. The van der Waals surface area contributed by atoms with E-state index in [-0.39, 0.29) is 5.91 Å². The van der Waals surface area contributed by atoms with Crippen molar-refractivity contribution < 1.29 is 4.79 Å². The van der Waals surface area contributed by atoms with Crippen LogP contribution in [-0.2, 0) is 11.3 Å². The Bertz CT molecular complexity index is 355. The van der Waals surface area contributed by atoms with E-state index in [4.69, 9.17) is 0 Å². The first kappa shape index (κ1) is 14.1. The molecule has 0 unspecified atom stereocenters. The fourth-order valence-corrected chi connectivity index (χ4v) is 2.74. The lowest BCUT2D eigenvalue weighted by molar-refractivity contribution is -0.125. The number of amides is 1. The molecule has 1 N–H and O–H groups in total. The largest absolute Gasteiger partial charge is 0.356 e. The average Bonchev–Trinajstić information content (AvgIpc) is 2.96. The van der Waals surface area contributed by atoms with Crippen LogP contribution in [0.4, 0.5) is 0 Å². The lowest BCUT2D eigenvalue weighted by Gasteiger charge is -2.20. The Kier molecular flexibility index (Phi) is 5.92. The van der Waals surface area contributed by atoms with Crippen molar-refractivity contribution in [2.45, 2.75) is 57.9 Å². The van der Waals surface area contributed by atoms with Crippen molar-refractivity contribution in [3.63, 3.8) is 0 Å². The van der Waals surface area contributed by atoms with E-state index >= 15 is 0 Å². The summed E-state index contributed by atoms with van der Waals surface area (Å²) in [5.74, 6) is 0.578. The van der Waals surface area contributed by atoms with Gasteiger partial charge in [0.25, 0.3) is 0 Å². The van der Waals surface area contributed by atoms with E-state index < -0.39 is 0 Å². The van der Waals surface area contributed by atoms with E-state index in [1.165, 1.54) is 19.3 Å². The maximum Gasteiger partial charge on any atom is 0.223 e. The Balaban J connectivity index is 1.48. The third-order valence-electron chi connectivity index (χ3n) is 3.93. The summed E-state index contributed by atoms with van der Waals surface area (Å²) >= 11 is 0. The number of aryl methyl sites for hydroxylation is 1. The molecule has 2 rings (SSSR count). The highest BCUT2D eigenvalue weighted by Crippen LogP contribution is 2.23. The Morgan fingerprint density at radius 3 is 2.79 bits per heavy atom. The van der Waals surface area contributed by atoms with Gasteiger partial charge in [-0.3, -0.25) is 4.79 Å². The van der Waals surface area contributed by atoms with Crippen LogP contribution < -0.4 is 5.32 Å². The van der Waals surface area contributed by atoms with E-state index in [9.17, 15) is 4.79 Å². The van der Waals surface area contributed by atoms with Crippen molar-refractivity contribution in [3.8, 4) is 0 Å². The molecule has 4 nitrogen and oxygen atoms in total. The molecular weight excluding hydrogens is 238 g/mol. The number of carbonyl (C=O) groups excluding carboxylic acids is 1. The van der Waals surface area contributed by atoms with Crippen LogP contribution in [0.1, 0.15) is 51.4 Å². The predicted molar refractivity (Wildman–Crippen MR) is 75.7 cm³/mol. The molecule has 0 aliphatic heterocycles. The van der Waals surface area contributed by atoms with Crippen molar-refractivity contribution in [1.82, 2.24) is 14.9 Å². The van der Waals surface area contributed by atoms with Gasteiger partial charge in [-0.1, -0.05) is 19.3 Å². The van der Waals surface area contributed by atoms with Gasteiger partial charge in [-0.2, -0.15) is 0 Å². The van der Waals surface area contributed by atoms with Crippen LogP contribution in [0.15, 0.2) is 18.7 Å². The average molecular weight is 263 g/mol. The summed E-state index contributed by atoms with van der Waals surface area (Å²) < 4.78 is 2.10. The van der Waals surface area contributed by atoms with Gasteiger partial charge < -0.3 is 9.88 Å². The lowest BCUT2D eigenvalue weighted by atomic mass is 9.89. The van der Waals surface area contributed by atoms with Crippen molar-refractivity contribution in [1.29, 1.82) is 0 Å². The number of hydrogen-bond donors (Lipinski definition) is 1. The number of rotatable bonds is 7. The fourth-order valence-electron chi connectivity index (χ4n) is 2.74. The van der Waals surface area contributed by atoms with Crippen molar-refractivity contribution in [2.24, 2.45) is 5.92 Å². The molecule has 4 heteroatoms. The van der Waals surface area contributed by atoms with Crippen LogP contribution in [-0.4, -0.2) is 22.0 Å². The van der Waals surface area contributed by atoms with Gasteiger partial charge in [-0.15, -0.1) is 0 Å². The van der Waals surface area contributed by atoms with Crippen LogP contribution >= 0.6 is 0 Å². The van der Waals surface area contributed by atoms with Crippen molar-refractivity contribution >= 4 is 5.91 Å². The van der Waals surface area contributed by atoms with E-state index in [0.29, 0.717) is 5.92 Å². The minimum absolute atomic E-state index is 0.286. The number of unbranched alkanes of at least 4 members (excludes halogenated alkanes) is 2. The fraction of sp³-hybridized carbons (Fsp3) is 0.733. The Morgan fingerprint density at radius 1 is 1.21 bits per heavy atom. The van der Waals surface area contributed by atoms with Gasteiger partial charge in [-0.05, 0) is 32.1 Å². The highest BCUT2D eigenvalue weighted by atomic mass is 16.1. The number of nitrogens with one attached hydrogen (secondary N) is 1. The van der Waals surface area contributed by atoms with Gasteiger partial charge in [0.2, 0.25) is 5.91 Å². The molecule has 0 aromatic carbocycles. The van der Waals surface area contributed by atoms with Gasteiger partial charge >= 0.3 is 0 Å². The zero-order valence-electron chi connectivity index (χ0n) is 11.7. The Labute approximate surface area is 115 Å². The van der Waals surface area contributed by atoms with Crippen LogP contribution in [0, 0.1) is 5.92 Å². The molecule has 0 spiro atoms. The first-order valence-corrected chi connectivity index (χ1v) is 7.60. The molecule has 106 valence electrons. The summed E-state index contributed by atoms with van der Waals surface area (Å²) in [6, 6.07) is 0. The molecule has 1 aromatic heterocycles.